The molecule has 2 aromatic rings. The van der Waals surface area contributed by atoms with Gasteiger partial charge in [0.1, 0.15) is 0 Å². The predicted octanol–water partition coefficient (Wildman–Crippen LogP) is 2.24. The number of nitrogens with one attached hydrogen (secondary N) is 1. The summed E-state index contributed by atoms with van der Waals surface area (Å²) in [5.74, 6) is 0.486. The van der Waals surface area contributed by atoms with Crippen LogP contribution in [0.5, 0.6) is 0 Å². The van der Waals surface area contributed by atoms with Crippen LogP contribution in [0, 0.1) is 19.8 Å². The Kier molecular flexibility index (Phi) is 3.40. The van der Waals surface area contributed by atoms with Crippen molar-refractivity contribution in [2.45, 2.75) is 46.2 Å². The van der Waals surface area contributed by atoms with Crippen LogP contribution in [0.3, 0.4) is 0 Å². The Bertz CT molecular complexity index is 730. The molecule has 0 saturated carbocycles. The van der Waals surface area contributed by atoms with Crippen LogP contribution >= 0.6 is 0 Å². The summed E-state index contributed by atoms with van der Waals surface area (Å²) in [6.45, 7) is 9.50. The molecule has 1 fully saturated rings. The summed E-state index contributed by atoms with van der Waals surface area (Å²) in [5.41, 5.74) is 2.76. The molecule has 5 heteroatoms. The van der Waals surface area contributed by atoms with Gasteiger partial charge in [0, 0.05) is 18.3 Å². The van der Waals surface area contributed by atoms with E-state index < -0.39 is 0 Å². The minimum atomic E-state index is -0.0196. The van der Waals surface area contributed by atoms with E-state index in [1.165, 1.54) is 0 Å². The van der Waals surface area contributed by atoms with Gasteiger partial charge in [-0.25, -0.2) is 4.98 Å². The maximum absolute atomic E-state index is 12.3. The summed E-state index contributed by atoms with van der Waals surface area (Å²) >= 11 is 0. The van der Waals surface area contributed by atoms with Gasteiger partial charge in [-0.05, 0) is 51.8 Å². The SMILES string of the molecule is Cc1cc(C)c2c(=O)[nH]n([C@H]3C[C@H](C)N(C)C[C@@H]3C)c2n1. The molecule has 3 heterocycles. The Hall–Kier alpha value is -1.62. The van der Waals surface area contributed by atoms with E-state index in [2.05, 4.69) is 35.9 Å². The average molecular weight is 288 g/mol. The minimum absolute atomic E-state index is 0.0196. The van der Waals surface area contributed by atoms with E-state index in [4.69, 9.17) is 0 Å². The van der Waals surface area contributed by atoms with E-state index in [-0.39, 0.29) is 5.56 Å². The van der Waals surface area contributed by atoms with E-state index in [9.17, 15) is 4.79 Å². The number of nitrogens with zero attached hydrogens (tertiary/aromatic N) is 3. The lowest BCUT2D eigenvalue weighted by Gasteiger charge is -2.40. The van der Waals surface area contributed by atoms with Gasteiger partial charge < -0.3 is 4.90 Å². The summed E-state index contributed by atoms with van der Waals surface area (Å²) < 4.78 is 2.02. The number of aryl methyl sites for hydroxylation is 2. The first-order valence-corrected chi connectivity index (χ1v) is 7.67. The first kappa shape index (κ1) is 14.3. The van der Waals surface area contributed by atoms with Crippen LogP contribution < -0.4 is 5.56 Å². The lowest BCUT2D eigenvalue weighted by atomic mass is 9.90. The number of aromatic amines is 1. The Labute approximate surface area is 125 Å². The lowest BCUT2D eigenvalue weighted by Crippen LogP contribution is -2.43. The predicted molar refractivity (Wildman–Crippen MR) is 84.7 cm³/mol. The molecule has 0 radical (unpaired) electrons. The third kappa shape index (κ3) is 2.29. The molecule has 1 aliphatic heterocycles. The summed E-state index contributed by atoms with van der Waals surface area (Å²) in [6, 6.07) is 2.79. The molecule has 1 saturated heterocycles. The third-order valence-electron chi connectivity index (χ3n) is 4.90. The number of piperidine rings is 1. The maximum atomic E-state index is 12.3. The zero-order valence-electron chi connectivity index (χ0n) is 13.5. The highest BCUT2D eigenvalue weighted by molar-refractivity contribution is 5.78. The molecule has 3 rings (SSSR count). The second kappa shape index (κ2) is 4.98. The number of hydrogen-bond acceptors (Lipinski definition) is 3. The van der Waals surface area contributed by atoms with Crippen LogP contribution in [0.4, 0.5) is 0 Å². The van der Waals surface area contributed by atoms with Crippen LogP contribution in [0.15, 0.2) is 10.9 Å². The van der Waals surface area contributed by atoms with Gasteiger partial charge in [-0.15, -0.1) is 0 Å². The number of likely N-dealkylation sites (tertiary alicyclic amines) is 1. The second-order valence-corrected chi connectivity index (χ2v) is 6.66. The van der Waals surface area contributed by atoms with E-state index in [1.54, 1.807) is 0 Å². The first-order chi connectivity index (χ1) is 9.88. The van der Waals surface area contributed by atoms with Gasteiger partial charge in [0.25, 0.3) is 5.56 Å². The number of aromatic nitrogens is 3. The molecule has 0 amide bonds. The standard InChI is InChI=1S/C16H24N4O/c1-9-6-11(3)17-15-14(9)16(21)18-20(15)13-7-12(4)19(5)8-10(13)2/h6,10,12-13H,7-8H2,1-5H3,(H,18,21)/t10-,12-,13-/m0/s1. The van der Waals surface area contributed by atoms with Crippen molar-refractivity contribution in [2.75, 3.05) is 13.6 Å². The fraction of sp³-hybridized carbons (Fsp3) is 0.625. The van der Waals surface area contributed by atoms with Crippen molar-refractivity contribution in [3.05, 3.63) is 27.7 Å². The fourth-order valence-corrected chi connectivity index (χ4v) is 3.61. The molecule has 1 N–H and O–H groups in total. The Morgan fingerprint density at radius 2 is 2.05 bits per heavy atom. The van der Waals surface area contributed by atoms with Gasteiger partial charge in [-0.1, -0.05) is 6.92 Å². The molecule has 1 aliphatic rings. The Balaban J connectivity index is 2.15. The van der Waals surface area contributed by atoms with Gasteiger partial charge in [0.15, 0.2) is 5.65 Å². The van der Waals surface area contributed by atoms with Crippen molar-refractivity contribution in [1.82, 2.24) is 19.7 Å². The summed E-state index contributed by atoms with van der Waals surface area (Å²) in [7, 11) is 2.17. The third-order valence-corrected chi connectivity index (χ3v) is 4.90. The number of pyridine rings is 1. The lowest BCUT2D eigenvalue weighted by molar-refractivity contribution is 0.103. The highest BCUT2D eigenvalue weighted by atomic mass is 16.1. The van der Waals surface area contributed by atoms with Crippen LogP contribution in [-0.4, -0.2) is 39.3 Å². The molecule has 21 heavy (non-hydrogen) atoms. The topological polar surface area (TPSA) is 53.9 Å². The zero-order valence-corrected chi connectivity index (χ0v) is 13.5. The summed E-state index contributed by atoms with van der Waals surface area (Å²) in [5, 5.41) is 3.77. The molecule has 0 aromatic carbocycles. The van der Waals surface area contributed by atoms with E-state index in [0.29, 0.717) is 18.0 Å². The smallest absolute Gasteiger partial charge is 0.273 e. The fourth-order valence-electron chi connectivity index (χ4n) is 3.61. The summed E-state index contributed by atoms with van der Waals surface area (Å²) in [6.07, 6.45) is 1.03. The molecular weight excluding hydrogens is 264 g/mol. The van der Waals surface area contributed by atoms with Gasteiger partial charge in [-0.3, -0.25) is 14.6 Å². The molecule has 3 atom stereocenters. The van der Waals surface area contributed by atoms with Crippen LogP contribution in [-0.2, 0) is 0 Å². The van der Waals surface area contributed by atoms with E-state index in [1.807, 2.05) is 24.6 Å². The van der Waals surface area contributed by atoms with Gasteiger partial charge in [0.05, 0.1) is 11.4 Å². The normalized spacial score (nSPS) is 27.4. The maximum Gasteiger partial charge on any atom is 0.273 e. The minimum Gasteiger partial charge on any atom is -0.303 e. The van der Waals surface area contributed by atoms with Crippen molar-refractivity contribution < 1.29 is 0 Å². The molecule has 0 aliphatic carbocycles. The molecule has 2 aromatic heterocycles. The molecule has 0 bridgehead atoms. The number of H-pyrrole nitrogens is 1. The van der Waals surface area contributed by atoms with Crippen molar-refractivity contribution in [1.29, 1.82) is 0 Å². The highest BCUT2D eigenvalue weighted by Gasteiger charge is 2.32. The molecule has 0 spiro atoms. The number of fused-ring (bicyclic) bond motifs is 1. The molecule has 0 unspecified atom stereocenters. The quantitative estimate of drug-likeness (QED) is 0.875. The average Bonchev–Trinajstić information content (AvgIpc) is 2.71. The van der Waals surface area contributed by atoms with Crippen molar-refractivity contribution in [3.8, 4) is 0 Å². The second-order valence-electron chi connectivity index (χ2n) is 6.66. The van der Waals surface area contributed by atoms with Crippen molar-refractivity contribution >= 4 is 11.0 Å². The highest BCUT2D eigenvalue weighted by Crippen LogP contribution is 2.32. The molecular formula is C16H24N4O. The number of hydrogen-bond donors (Lipinski definition) is 1. The Morgan fingerprint density at radius 1 is 1.33 bits per heavy atom. The van der Waals surface area contributed by atoms with Gasteiger partial charge in [-0.2, -0.15) is 0 Å². The number of rotatable bonds is 1. The largest absolute Gasteiger partial charge is 0.303 e. The molecule has 114 valence electrons. The van der Waals surface area contributed by atoms with Crippen molar-refractivity contribution in [3.63, 3.8) is 0 Å². The van der Waals surface area contributed by atoms with Crippen LogP contribution in [0.2, 0.25) is 0 Å². The van der Waals surface area contributed by atoms with Gasteiger partial charge in [0.2, 0.25) is 0 Å². The van der Waals surface area contributed by atoms with Crippen molar-refractivity contribution in [2.24, 2.45) is 5.92 Å². The van der Waals surface area contributed by atoms with Gasteiger partial charge >= 0.3 is 0 Å². The zero-order chi connectivity index (χ0) is 15.3. The first-order valence-electron chi connectivity index (χ1n) is 7.67. The Morgan fingerprint density at radius 3 is 2.76 bits per heavy atom. The van der Waals surface area contributed by atoms with Crippen LogP contribution in [0.25, 0.3) is 11.0 Å². The monoisotopic (exact) mass is 288 g/mol. The summed E-state index contributed by atoms with van der Waals surface area (Å²) in [4.78, 5) is 19.3. The van der Waals surface area contributed by atoms with E-state index >= 15 is 0 Å². The van der Waals surface area contributed by atoms with E-state index in [0.717, 1.165) is 35.3 Å². The van der Waals surface area contributed by atoms with Crippen LogP contribution in [0.1, 0.15) is 37.6 Å². The molecule has 5 nitrogen and oxygen atoms in total.